The summed E-state index contributed by atoms with van der Waals surface area (Å²) in [5.74, 6) is -0.190. The summed E-state index contributed by atoms with van der Waals surface area (Å²) < 4.78 is 1.49. The topological polar surface area (TPSA) is 51.1 Å². The SMILES string of the molecule is CC(=O)Nc1ccc(=O)n(Cc2ccc(Cl)c(Cl)c2)c1. The lowest BCUT2D eigenvalue weighted by molar-refractivity contribution is -0.114. The minimum atomic E-state index is -0.190. The second kappa shape index (κ2) is 6.11. The molecule has 1 aromatic carbocycles. The zero-order valence-corrected chi connectivity index (χ0v) is 12.2. The minimum Gasteiger partial charge on any atom is -0.325 e. The van der Waals surface area contributed by atoms with Gasteiger partial charge in [0.2, 0.25) is 5.91 Å². The van der Waals surface area contributed by atoms with Gasteiger partial charge < -0.3 is 9.88 Å². The highest BCUT2D eigenvalue weighted by Gasteiger charge is 2.04. The third-order valence-electron chi connectivity index (χ3n) is 2.64. The molecule has 104 valence electrons. The molecule has 2 rings (SSSR count). The molecule has 0 radical (unpaired) electrons. The van der Waals surface area contributed by atoms with Gasteiger partial charge in [-0.1, -0.05) is 29.3 Å². The van der Waals surface area contributed by atoms with E-state index in [4.69, 9.17) is 23.2 Å². The van der Waals surface area contributed by atoms with Gasteiger partial charge in [-0.15, -0.1) is 0 Å². The van der Waals surface area contributed by atoms with Crippen LogP contribution in [0.2, 0.25) is 10.0 Å². The molecule has 1 amide bonds. The Hall–Kier alpha value is -1.78. The molecule has 20 heavy (non-hydrogen) atoms. The zero-order valence-electron chi connectivity index (χ0n) is 10.7. The van der Waals surface area contributed by atoms with E-state index in [1.54, 1.807) is 30.5 Å². The highest BCUT2D eigenvalue weighted by molar-refractivity contribution is 6.42. The molecule has 0 unspecified atom stereocenters. The smallest absolute Gasteiger partial charge is 0.250 e. The number of anilines is 1. The van der Waals surface area contributed by atoms with Gasteiger partial charge >= 0.3 is 0 Å². The molecule has 0 bridgehead atoms. The lowest BCUT2D eigenvalue weighted by Gasteiger charge is -2.09. The molecule has 1 aromatic heterocycles. The highest BCUT2D eigenvalue weighted by atomic mass is 35.5. The Bertz CT molecular complexity index is 711. The summed E-state index contributed by atoms with van der Waals surface area (Å²) in [6.45, 7) is 1.76. The number of benzene rings is 1. The van der Waals surface area contributed by atoms with E-state index < -0.39 is 0 Å². The van der Waals surface area contributed by atoms with E-state index in [-0.39, 0.29) is 11.5 Å². The van der Waals surface area contributed by atoms with E-state index in [0.29, 0.717) is 22.3 Å². The van der Waals surface area contributed by atoms with E-state index in [0.717, 1.165) is 5.56 Å². The lowest BCUT2D eigenvalue weighted by Crippen LogP contribution is -2.20. The summed E-state index contributed by atoms with van der Waals surface area (Å²) in [4.78, 5) is 22.8. The van der Waals surface area contributed by atoms with Crippen LogP contribution in [-0.2, 0) is 11.3 Å². The normalized spacial score (nSPS) is 10.3. The minimum absolute atomic E-state index is 0.162. The highest BCUT2D eigenvalue weighted by Crippen LogP contribution is 2.22. The summed E-state index contributed by atoms with van der Waals surface area (Å²) in [5.41, 5.74) is 1.25. The molecule has 0 spiro atoms. The van der Waals surface area contributed by atoms with Gasteiger partial charge in [-0.2, -0.15) is 0 Å². The second-order valence-corrected chi connectivity index (χ2v) is 5.13. The van der Waals surface area contributed by atoms with Crippen molar-refractivity contribution in [2.24, 2.45) is 0 Å². The maximum Gasteiger partial charge on any atom is 0.250 e. The van der Waals surface area contributed by atoms with E-state index in [1.807, 2.05) is 0 Å². The van der Waals surface area contributed by atoms with Gasteiger partial charge in [0, 0.05) is 19.2 Å². The molecule has 1 heterocycles. The van der Waals surface area contributed by atoms with Crippen LogP contribution in [0.15, 0.2) is 41.3 Å². The molecule has 0 aliphatic heterocycles. The van der Waals surface area contributed by atoms with Crippen molar-refractivity contribution in [3.63, 3.8) is 0 Å². The van der Waals surface area contributed by atoms with Crippen molar-refractivity contribution in [2.45, 2.75) is 13.5 Å². The fourth-order valence-corrected chi connectivity index (χ4v) is 2.09. The summed E-state index contributed by atoms with van der Waals surface area (Å²) in [7, 11) is 0. The molecule has 0 atom stereocenters. The zero-order chi connectivity index (χ0) is 14.7. The molecule has 0 saturated heterocycles. The summed E-state index contributed by atoms with van der Waals surface area (Å²) in [6, 6.07) is 8.16. The predicted molar refractivity (Wildman–Crippen MR) is 80.6 cm³/mol. The van der Waals surface area contributed by atoms with Crippen LogP contribution in [0.1, 0.15) is 12.5 Å². The number of aromatic nitrogens is 1. The van der Waals surface area contributed by atoms with Gasteiger partial charge in [-0.25, -0.2) is 0 Å². The molecule has 0 saturated carbocycles. The molecule has 1 N–H and O–H groups in total. The van der Waals surface area contributed by atoms with Crippen molar-refractivity contribution in [1.82, 2.24) is 4.57 Å². The Morgan fingerprint density at radius 2 is 1.95 bits per heavy atom. The number of amides is 1. The van der Waals surface area contributed by atoms with Crippen LogP contribution in [0.5, 0.6) is 0 Å². The second-order valence-electron chi connectivity index (χ2n) is 4.31. The fraction of sp³-hybridized carbons (Fsp3) is 0.143. The van der Waals surface area contributed by atoms with Crippen molar-refractivity contribution in [3.05, 3.63) is 62.5 Å². The molecule has 2 aromatic rings. The first-order valence-corrected chi connectivity index (χ1v) is 6.63. The van der Waals surface area contributed by atoms with Crippen LogP contribution in [0.25, 0.3) is 0 Å². The number of rotatable bonds is 3. The summed E-state index contributed by atoms with van der Waals surface area (Å²) in [5, 5.41) is 3.54. The maximum absolute atomic E-state index is 11.8. The van der Waals surface area contributed by atoms with Gasteiger partial charge in [0.15, 0.2) is 0 Å². The number of nitrogens with one attached hydrogen (secondary N) is 1. The van der Waals surface area contributed by atoms with Gasteiger partial charge in [-0.05, 0) is 23.8 Å². The number of hydrogen-bond acceptors (Lipinski definition) is 2. The Labute approximate surface area is 125 Å². The van der Waals surface area contributed by atoms with Crippen LogP contribution >= 0.6 is 23.2 Å². The Morgan fingerprint density at radius 1 is 1.20 bits per heavy atom. The predicted octanol–water partition coefficient (Wildman–Crippen LogP) is 3.16. The molecular weight excluding hydrogens is 299 g/mol. The number of pyridine rings is 1. The van der Waals surface area contributed by atoms with Gasteiger partial charge in [-0.3, -0.25) is 9.59 Å². The van der Waals surface area contributed by atoms with Crippen molar-refractivity contribution < 1.29 is 4.79 Å². The van der Waals surface area contributed by atoms with Crippen LogP contribution < -0.4 is 10.9 Å². The van der Waals surface area contributed by atoms with Gasteiger partial charge in [0.05, 0.1) is 22.3 Å². The largest absolute Gasteiger partial charge is 0.325 e. The van der Waals surface area contributed by atoms with Crippen LogP contribution in [0, 0.1) is 0 Å². The van der Waals surface area contributed by atoms with Crippen LogP contribution in [-0.4, -0.2) is 10.5 Å². The number of hydrogen-bond donors (Lipinski definition) is 1. The molecule has 6 heteroatoms. The van der Waals surface area contributed by atoms with E-state index in [2.05, 4.69) is 5.32 Å². The lowest BCUT2D eigenvalue weighted by atomic mass is 10.2. The Kier molecular flexibility index (Phi) is 4.47. The fourth-order valence-electron chi connectivity index (χ4n) is 1.77. The molecule has 0 aliphatic rings. The first-order chi connectivity index (χ1) is 9.45. The van der Waals surface area contributed by atoms with Crippen molar-refractivity contribution in [3.8, 4) is 0 Å². The summed E-state index contributed by atoms with van der Waals surface area (Å²) in [6.07, 6.45) is 1.59. The number of carbonyl (C=O) groups is 1. The molecule has 4 nitrogen and oxygen atoms in total. The Morgan fingerprint density at radius 3 is 2.60 bits per heavy atom. The molecule has 0 fully saturated rings. The summed E-state index contributed by atoms with van der Waals surface area (Å²) >= 11 is 11.8. The first kappa shape index (κ1) is 14.6. The molecule has 0 aliphatic carbocycles. The van der Waals surface area contributed by atoms with Gasteiger partial charge in [0.25, 0.3) is 5.56 Å². The monoisotopic (exact) mass is 310 g/mol. The number of nitrogens with zero attached hydrogens (tertiary/aromatic N) is 1. The standard InChI is InChI=1S/C14H12Cl2N2O2/c1-9(19)17-11-3-5-14(20)18(8-11)7-10-2-4-12(15)13(16)6-10/h2-6,8H,7H2,1H3,(H,17,19). The quantitative estimate of drug-likeness (QED) is 0.946. The van der Waals surface area contributed by atoms with Crippen molar-refractivity contribution in [2.75, 3.05) is 5.32 Å². The number of halogens is 2. The maximum atomic E-state index is 11.8. The average Bonchev–Trinajstić information content (AvgIpc) is 2.37. The van der Waals surface area contributed by atoms with E-state index >= 15 is 0 Å². The Balaban J connectivity index is 2.30. The van der Waals surface area contributed by atoms with E-state index in [1.165, 1.54) is 17.6 Å². The van der Waals surface area contributed by atoms with Crippen molar-refractivity contribution >= 4 is 34.8 Å². The third-order valence-corrected chi connectivity index (χ3v) is 3.38. The third kappa shape index (κ3) is 3.62. The van der Waals surface area contributed by atoms with Gasteiger partial charge in [0.1, 0.15) is 0 Å². The van der Waals surface area contributed by atoms with Crippen molar-refractivity contribution in [1.29, 1.82) is 0 Å². The first-order valence-electron chi connectivity index (χ1n) is 5.88. The van der Waals surface area contributed by atoms with Crippen LogP contribution in [0.3, 0.4) is 0 Å². The van der Waals surface area contributed by atoms with Crippen LogP contribution in [0.4, 0.5) is 5.69 Å². The number of carbonyl (C=O) groups excluding carboxylic acids is 1. The average molecular weight is 311 g/mol. The molecular formula is C14H12Cl2N2O2. The van der Waals surface area contributed by atoms with E-state index in [9.17, 15) is 9.59 Å².